The summed E-state index contributed by atoms with van der Waals surface area (Å²) in [6, 6.07) is 16.8. The molecule has 1 heterocycles. The van der Waals surface area contributed by atoms with Crippen LogP contribution in [-0.4, -0.2) is 44.1 Å². The number of aromatic nitrogens is 1. The number of rotatable bonds is 8. The third kappa shape index (κ3) is 4.37. The normalized spacial score (nSPS) is 13.3. The molecule has 0 aliphatic heterocycles. The largest absolute Gasteiger partial charge is 0.378 e. The van der Waals surface area contributed by atoms with Crippen molar-refractivity contribution in [3.05, 3.63) is 65.9 Å². The van der Waals surface area contributed by atoms with Crippen LogP contribution in [0.2, 0.25) is 0 Å². The van der Waals surface area contributed by atoms with Crippen molar-refractivity contribution in [3.63, 3.8) is 0 Å². The summed E-state index contributed by atoms with van der Waals surface area (Å²) in [6.07, 6.45) is 2.09. The van der Waals surface area contributed by atoms with Crippen LogP contribution < -0.4 is 15.5 Å². The summed E-state index contributed by atoms with van der Waals surface area (Å²) in [5.74, 6) is 0.173. The van der Waals surface area contributed by atoms with Crippen molar-refractivity contribution in [2.24, 2.45) is 0 Å². The highest BCUT2D eigenvalue weighted by molar-refractivity contribution is 5.84. The second-order valence-electron chi connectivity index (χ2n) is 7.35. The van der Waals surface area contributed by atoms with Gasteiger partial charge in [-0.2, -0.15) is 0 Å². The van der Waals surface area contributed by atoms with E-state index in [1.165, 1.54) is 22.2 Å². The van der Waals surface area contributed by atoms with E-state index in [1.807, 2.05) is 34.0 Å². The van der Waals surface area contributed by atoms with Crippen molar-refractivity contribution in [1.82, 2.24) is 15.6 Å². The second-order valence-corrected chi connectivity index (χ2v) is 7.35. The Bertz CT molecular complexity index is 914. The zero-order valence-electron chi connectivity index (χ0n) is 17.1. The molecule has 1 amide bonds. The van der Waals surface area contributed by atoms with E-state index in [-0.39, 0.29) is 17.9 Å². The summed E-state index contributed by atoms with van der Waals surface area (Å²) in [6.45, 7) is 5.17. The maximum absolute atomic E-state index is 12.1. The van der Waals surface area contributed by atoms with E-state index < -0.39 is 0 Å². The molecule has 3 rings (SSSR count). The minimum absolute atomic E-state index is 0.0307. The van der Waals surface area contributed by atoms with Crippen LogP contribution in [0.1, 0.15) is 30.9 Å². The van der Waals surface area contributed by atoms with Gasteiger partial charge < -0.3 is 20.5 Å². The van der Waals surface area contributed by atoms with Gasteiger partial charge in [0.1, 0.15) is 0 Å². The Labute approximate surface area is 167 Å². The van der Waals surface area contributed by atoms with Gasteiger partial charge in [-0.15, -0.1) is 0 Å². The van der Waals surface area contributed by atoms with Crippen molar-refractivity contribution >= 4 is 22.5 Å². The number of hydrogen-bond donors (Lipinski definition) is 3. The summed E-state index contributed by atoms with van der Waals surface area (Å²) in [7, 11) is 4.09. The van der Waals surface area contributed by atoms with Gasteiger partial charge in [0.15, 0.2) is 0 Å². The Morgan fingerprint density at radius 2 is 1.82 bits per heavy atom. The first-order chi connectivity index (χ1) is 13.5. The molecule has 2 atom stereocenters. The van der Waals surface area contributed by atoms with Crippen LogP contribution >= 0.6 is 0 Å². The molecule has 3 aromatic rings. The molecule has 0 unspecified atom stereocenters. The lowest BCUT2D eigenvalue weighted by Crippen LogP contribution is -2.43. The minimum atomic E-state index is -0.242. The molecule has 5 heteroatoms. The number of nitrogens with one attached hydrogen (secondary N) is 3. The van der Waals surface area contributed by atoms with Gasteiger partial charge in [0.05, 0.1) is 6.04 Å². The van der Waals surface area contributed by atoms with Crippen LogP contribution in [0.5, 0.6) is 0 Å². The van der Waals surface area contributed by atoms with Gasteiger partial charge in [-0.05, 0) is 43.2 Å². The summed E-state index contributed by atoms with van der Waals surface area (Å²) in [5, 5.41) is 7.52. The average molecular weight is 379 g/mol. The zero-order valence-corrected chi connectivity index (χ0v) is 17.1. The lowest BCUT2D eigenvalue weighted by Gasteiger charge is -2.22. The molecule has 2 aromatic carbocycles. The molecule has 3 N–H and O–H groups in total. The van der Waals surface area contributed by atoms with Gasteiger partial charge in [-0.1, -0.05) is 30.3 Å². The highest BCUT2D eigenvalue weighted by Gasteiger charge is 2.20. The Balaban J connectivity index is 1.91. The number of benzene rings is 2. The second kappa shape index (κ2) is 8.93. The average Bonchev–Trinajstić information content (AvgIpc) is 3.12. The number of para-hydroxylation sites is 1. The smallest absolute Gasteiger partial charge is 0.236 e. The lowest BCUT2D eigenvalue weighted by atomic mass is 9.90. The number of nitrogens with zero attached hydrogens (tertiary/aromatic N) is 1. The van der Waals surface area contributed by atoms with E-state index in [0.29, 0.717) is 13.1 Å². The Morgan fingerprint density at radius 1 is 1.11 bits per heavy atom. The third-order valence-electron chi connectivity index (χ3n) is 5.18. The molecule has 28 heavy (non-hydrogen) atoms. The number of likely N-dealkylation sites (N-methyl/N-ethyl adjacent to an activating group) is 1. The Morgan fingerprint density at radius 3 is 2.50 bits per heavy atom. The third-order valence-corrected chi connectivity index (χ3v) is 5.18. The predicted molar refractivity (Wildman–Crippen MR) is 117 cm³/mol. The summed E-state index contributed by atoms with van der Waals surface area (Å²) in [5.41, 5.74) is 4.77. The zero-order chi connectivity index (χ0) is 20.1. The molecule has 0 bridgehead atoms. The number of fused-ring (bicyclic) bond motifs is 1. The van der Waals surface area contributed by atoms with Crippen LogP contribution in [0.15, 0.2) is 54.7 Å². The fraction of sp³-hybridized carbons (Fsp3) is 0.348. The molecule has 0 saturated carbocycles. The first-order valence-electron chi connectivity index (χ1n) is 9.85. The van der Waals surface area contributed by atoms with Crippen LogP contribution in [0.25, 0.3) is 10.9 Å². The predicted octanol–water partition coefficient (Wildman–Crippen LogP) is 3.48. The fourth-order valence-corrected chi connectivity index (χ4v) is 3.51. The quantitative estimate of drug-likeness (QED) is 0.562. The molecular formula is C23H30N4O. The van der Waals surface area contributed by atoms with E-state index in [1.54, 1.807) is 0 Å². The van der Waals surface area contributed by atoms with Crippen molar-refractivity contribution in [2.75, 3.05) is 32.1 Å². The number of anilines is 1. The molecule has 0 aliphatic rings. The van der Waals surface area contributed by atoms with Crippen molar-refractivity contribution in [1.29, 1.82) is 0 Å². The highest BCUT2D eigenvalue weighted by Crippen LogP contribution is 2.31. The van der Waals surface area contributed by atoms with E-state index in [0.717, 1.165) is 5.52 Å². The van der Waals surface area contributed by atoms with Gasteiger partial charge >= 0.3 is 0 Å². The molecule has 0 saturated heterocycles. The maximum atomic E-state index is 12.1. The molecule has 0 aliphatic carbocycles. The van der Waals surface area contributed by atoms with E-state index in [4.69, 9.17) is 0 Å². The standard InChI is InChI=1S/C23H30N4O/c1-5-24-23(28)16(2)25-14-20(17-10-12-18(13-11-17)27(3)4)21-15-26-22-9-7-6-8-19(21)22/h6-13,15-16,20,25-26H,5,14H2,1-4H3,(H,24,28)/t16-,20-/m0/s1. The number of carbonyl (C=O) groups is 1. The molecular weight excluding hydrogens is 348 g/mol. The van der Waals surface area contributed by atoms with Gasteiger partial charge in [0, 0.05) is 55.9 Å². The summed E-state index contributed by atoms with van der Waals surface area (Å²) < 4.78 is 0. The van der Waals surface area contributed by atoms with Crippen LogP contribution in [0.4, 0.5) is 5.69 Å². The first kappa shape index (κ1) is 20.0. The highest BCUT2D eigenvalue weighted by atomic mass is 16.2. The lowest BCUT2D eigenvalue weighted by molar-refractivity contribution is -0.122. The number of amides is 1. The SMILES string of the molecule is CCNC(=O)[C@H](C)NC[C@@H](c1ccc(N(C)C)cc1)c1c[nH]c2ccccc12. The monoisotopic (exact) mass is 378 g/mol. The van der Waals surface area contributed by atoms with E-state index in [9.17, 15) is 4.79 Å². The van der Waals surface area contributed by atoms with Crippen LogP contribution in [0, 0.1) is 0 Å². The number of H-pyrrole nitrogens is 1. The van der Waals surface area contributed by atoms with Gasteiger partial charge in [0.25, 0.3) is 0 Å². The fourth-order valence-electron chi connectivity index (χ4n) is 3.51. The van der Waals surface area contributed by atoms with Crippen molar-refractivity contribution in [3.8, 4) is 0 Å². The van der Waals surface area contributed by atoms with E-state index in [2.05, 4.69) is 69.2 Å². The molecule has 148 valence electrons. The van der Waals surface area contributed by atoms with Crippen molar-refractivity contribution < 1.29 is 4.79 Å². The van der Waals surface area contributed by atoms with Gasteiger partial charge in [0.2, 0.25) is 5.91 Å². The molecule has 1 aromatic heterocycles. The number of carbonyl (C=O) groups excluding carboxylic acids is 1. The van der Waals surface area contributed by atoms with E-state index >= 15 is 0 Å². The first-order valence-corrected chi connectivity index (χ1v) is 9.85. The summed E-state index contributed by atoms with van der Waals surface area (Å²) in [4.78, 5) is 17.6. The molecule has 0 spiro atoms. The number of aromatic amines is 1. The minimum Gasteiger partial charge on any atom is -0.378 e. The molecule has 0 fully saturated rings. The molecule has 0 radical (unpaired) electrons. The molecule has 5 nitrogen and oxygen atoms in total. The van der Waals surface area contributed by atoms with Crippen LogP contribution in [-0.2, 0) is 4.79 Å². The maximum Gasteiger partial charge on any atom is 0.236 e. The van der Waals surface area contributed by atoms with Crippen LogP contribution in [0.3, 0.4) is 0 Å². The van der Waals surface area contributed by atoms with Crippen molar-refractivity contribution in [2.45, 2.75) is 25.8 Å². The Hall–Kier alpha value is -2.79. The Kier molecular flexibility index (Phi) is 6.37. The summed E-state index contributed by atoms with van der Waals surface area (Å²) >= 11 is 0. The topological polar surface area (TPSA) is 60.2 Å². The van der Waals surface area contributed by atoms with Gasteiger partial charge in [-0.25, -0.2) is 0 Å². The number of hydrogen-bond acceptors (Lipinski definition) is 3. The van der Waals surface area contributed by atoms with Gasteiger partial charge in [-0.3, -0.25) is 4.79 Å².